The molecule has 2 aliphatic rings. The summed E-state index contributed by atoms with van der Waals surface area (Å²) in [6, 6.07) is 6.19. The minimum atomic E-state index is -0.560. The summed E-state index contributed by atoms with van der Waals surface area (Å²) < 4.78 is 5.35. The van der Waals surface area contributed by atoms with E-state index in [0.29, 0.717) is 23.3 Å². The number of nitrogens with two attached hydrogens (primary N) is 1. The summed E-state index contributed by atoms with van der Waals surface area (Å²) in [5, 5.41) is 0. The van der Waals surface area contributed by atoms with Gasteiger partial charge in [-0.3, -0.25) is 9.59 Å². The van der Waals surface area contributed by atoms with Gasteiger partial charge in [0.05, 0.1) is 4.87 Å². The lowest BCUT2D eigenvalue weighted by atomic mass is 10.1. The van der Waals surface area contributed by atoms with Gasteiger partial charge < -0.3 is 15.4 Å². The molecule has 0 bridgehead atoms. The Morgan fingerprint density at radius 1 is 1.43 bits per heavy atom. The highest BCUT2D eigenvalue weighted by Crippen LogP contribution is 2.47. The maximum Gasteiger partial charge on any atom is 0.330 e. The van der Waals surface area contributed by atoms with Crippen molar-refractivity contribution >= 4 is 29.5 Å². The van der Waals surface area contributed by atoms with Crippen molar-refractivity contribution < 1.29 is 19.1 Å². The number of amides is 2. The van der Waals surface area contributed by atoms with Crippen LogP contribution in [-0.4, -0.2) is 39.3 Å². The molecule has 2 atom stereocenters. The molecule has 2 heterocycles. The average Bonchev–Trinajstić information content (AvgIpc) is 3.02. The SMILES string of the molecule is C[C@@]12CCC(=O)N1[C@H](C(=O)OCc1ccccc1C(N)=O)CS2. The summed E-state index contributed by atoms with van der Waals surface area (Å²) in [4.78, 5) is 37.2. The number of primary amides is 1. The van der Waals surface area contributed by atoms with Gasteiger partial charge in [0.1, 0.15) is 12.6 Å². The molecule has 0 aromatic heterocycles. The number of benzene rings is 1. The molecule has 23 heavy (non-hydrogen) atoms. The molecule has 122 valence electrons. The zero-order chi connectivity index (χ0) is 16.6. The monoisotopic (exact) mass is 334 g/mol. The van der Waals surface area contributed by atoms with Crippen molar-refractivity contribution in [2.75, 3.05) is 5.75 Å². The van der Waals surface area contributed by atoms with Gasteiger partial charge in [0.15, 0.2) is 0 Å². The van der Waals surface area contributed by atoms with Crippen molar-refractivity contribution in [3.8, 4) is 0 Å². The van der Waals surface area contributed by atoms with Gasteiger partial charge in [0.2, 0.25) is 11.8 Å². The molecule has 2 saturated heterocycles. The first-order valence-electron chi connectivity index (χ1n) is 7.43. The van der Waals surface area contributed by atoms with Crippen molar-refractivity contribution in [1.82, 2.24) is 4.90 Å². The molecule has 2 amide bonds. The average molecular weight is 334 g/mol. The number of rotatable bonds is 4. The Morgan fingerprint density at radius 2 is 2.17 bits per heavy atom. The van der Waals surface area contributed by atoms with Crippen LogP contribution < -0.4 is 5.73 Å². The Balaban J connectivity index is 1.69. The quantitative estimate of drug-likeness (QED) is 0.838. The molecule has 1 aromatic carbocycles. The molecule has 6 nitrogen and oxygen atoms in total. The summed E-state index contributed by atoms with van der Waals surface area (Å²) in [6.07, 6.45) is 1.22. The lowest BCUT2D eigenvalue weighted by Crippen LogP contribution is -2.46. The van der Waals surface area contributed by atoms with Crippen molar-refractivity contribution in [1.29, 1.82) is 0 Å². The second kappa shape index (κ2) is 5.88. The van der Waals surface area contributed by atoms with E-state index in [0.717, 1.165) is 6.42 Å². The first-order valence-corrected chi connectivity index (χ1v) is 8.41. The summed E-state index contributed by atoms with van der Waals surface area (Å²) in [6.45, 7) is 1.95. The second-order valence-electron chi connectivity index (χ2n) is 5.89. The van der Waals surface area contributed by atoms with Gasteiger partial charge in [-0.25, -0.2) is 4.79 Å². The lowest BCUT2D eigenvalue weighted by Gasteiger charge is -2.29. The second-order valence-corrected chi connectivity index (χ2v) is 7.40. The third-order valence-corrected chi connectivity index (χ3v) is 5.87. The van der Waals surface area contributed by atoms with E-state index in [1.54, 1.807) is 40.9 Å². The van der Waals surface area contributed by atoms with Gasteiger partial charge in [-0.15, -0.1) is 11.8 Å². The highest BCUT2D eigenvalue weighted by atomic mass is 32.2. The highest BCUT2D eigenvalue weighted by Gasteiger charge is 2.53. The molecule has 0 saturated carbocycles. The maximum atomic E-state index is 12.4. The van der Waals surface area contributed by atoms with Crippen LogP contribution in [-0.2, 0) is 20.9 Å². The molecule has 3 rings (SSSR count). The van der Waals surface area contributed by atoms with E-state index < -0.39 is 17.9 Å². The van der Waals surface area contributed by atoms with Crippen LogP contribution in [0.15, 0.2) is 24.3 Å². The van der Waals surface area contributed by atoms with Crippen molar-refractivity contribution in [2.45, 2.75) is 37.3 Å². The predicted octanol–water partition coefficient (Wildman–Crippen LogP) is 1.28. The summed E-state index contributed by atoms with van der Waals surface area (Å²) >= 11 is 1.62. The minimum absolute atomic E-state index is 0.00279. The molecular formula is C16H18N2O4S. The Labute approximate surface area is 138 Å². The number of hydrogen-bond donors (Lipinski definition) is 1. The Kier molecular flexibility index (Phi) is 4.06. The third-order valence-electron chi connectivity index (χ3n) is 4.37. The number of nitrogens with zero attached hydrogens (tertiary/aromatic N) is 1. The Hall–Kier alpha value is -2.02. The number of thioether (sulfide) groups is 1. The molecule has 0 spiro atoms. The predicted molar refractivity (Wildman–Crippen MR) is 85.5 cm³/mol. The Morgan fingerprint density at radius 3 is 2.91 bits per heavy atom. The van der Waals surface area contributed by atoms with Gasteiger partial charge in [-0.05, 0) is 19.4 Å². The van der Waals surface area contributed by atoms with Crippen LogP contribution >= 0.6 is 11.8 Å². The first-order chi connectivity index (χ1) is 10.9. The molecule has 0 radical (unpaired) electrons. The lowest BCUT2D eigenvalue weighted by molar-refractivity contribution is -0.154. The Bertz CT molecular complexity index is 678. The fourth-order valence-electron chi connectivity index (χ4n) is 3.13. The number of esters is 1. The number of hydrogen-bond acceptors (Lipinski definition) is 5. The molecule has 7 heteroatoms. The van der Waals surface area contributed by atoms with Crippen LogP contribution in [0.25, 0.3) is 0 Å². The fourth-order valence-corrected chi connectivity index (χ4v) is 4.54. The zero-order valence-corrected chi connectivity index (χ0v) is 13.6. The van der Waals surface area contributed by atoms with E-state index in [4.69, 9.17) is 10.5 Å². The molecule has 0 unspecified atom stereocenters. The fraction of sp³-hybridized carbons (Fsp3) is 0.438. The van der Waals surface area contributed by atoms with Crippen LogP contribution in [0.5, 0.6) is 0 Å². The molecule has 2 N–H and O–H groups in total. The van der Waals surface area contributed by atoms with Crippen molar-refractivity contribution in [2.24, 2.45) is 5.73 Å². The number of ether oxygens (including phenoxy) is 1. The van der Waals surface area contributed by atoms with Gasteiger partial charge in [0.25, 0.3) is 0 Å². The molecule has 2 fully saturated rings. The molecule has 0 aliphatic carbocycles. The number of carbonyl (C=O) groups is 3. The van der Waals surface area contributed by atoms with Crippen LogP contribution in [0.1, 0.15) is 35.7 Å². The maximum absolute atomic E-state index is 12.4. The van der Waals surface area contributed by atoms with Crippen LogP contribution in [0.3, 0.4) is 0 Å². The van der Waals surface area contributed by atoms with Gasteiger partial charge in [-0.1, -0.05) is 18.2 Å². The summed E-state index contributed by atoms with van der Waals surface area (Å²) in [5.74, 6) is -0.457. The van der Waals surface area contributed by atoms with Crippen molar-refractivity contribution in [3.05, 3.63) is 35.4 Å². The van der Waals surface area contributed by atoms with E-state index in [9.17, 15) is 14.4 Å². The van der Waals surface area contributed by atoms with E-state index in [-0.39, 0.29) is 17.4 Å². The summed E-state index contributed by atoms with van der Waals surface area (Å²) in [5.41, 5.74) is 6.21. The molecule has 2 aliphatic heterocycles. The van der Waals surface area contributed by atoms with E-state index in [2.05, 4.69) is 0 Å². The summed E-state index contributed by atoms with van der Waals surface area (Å²) in [7, 11) is 0. The van der Waals surface area contributed by atoms with Crippen LogP contribution in [0.2, 0.25) is 0 Å². The van der Waals surface area contributed by atoms with E-state index in [1.807, 2.05) is 6.92 Å². The highest BCUT2D eigenvalue weighted by molar-refractivity contribution is 8.01. The largest absolute Gasteiger partial charge is 0.459 e. The van der Waals surface area contributed by atoms with Crippen LogP contribution in [0, 0.1) is 0 Å². The molecular weight excluding hydrogens is 316 g/mol. The topological polar surface area (TPSA) is 89.7 Å². The van der Waals surface area contributed by atoms with Gasteiger partial charge >= 0.3 is 5.97 Å². The zero-order valence-electron chi connectivity index (χ0n) is 12.8. The van der Waals surface area contributed by atoms with E-state index >= 15 is 0 Å². The number of fused-ring (bicyclic) bond motifs is 1. The minimum Gasteiger partial charge on any atom is -0.459 e. The molecule has 1 aromatic rings. The first kappa shape index (κ1) is 15.9. The van der Waals surface area contributed by atoms with Crippen molar-refractivity contribution in [3.63, 3.8) is 0 Å². The normalized spacial score (nSPS) is 26.2. The third kappa shape index (κ3) is 2.81. The van der Waals surface area contributed by atoms with Crippen LogP contribution in [0.4, 0.5) is 0 Å². The van der Waals surface area contributed by atoms with E-state index in [1.165, 1.54) is 0 Å². The van der Waals surface area contributed by atoms with Gasteiger partial charge in [-0.2, -0.15) is 0 Å². The number of carbonyl (C=O) groups excluding carboxylic acids is 3. The standard InChI is InChI=1S/C16H18N2O4S/c1-16-7-6-13(19)18(16)12(9-23-16)15(21)22-8-10-4-2-3-5-11(10)14(17)20/h2-5,12H,6-9H2,1H3,(H2,17,20)/t12-,16+/m0/s1. The smallest absolute Gasteiger partial charge is 0.330 e. The van der Waals surface area contributed by atoms with Gasteiger partial charge in [0, 0.05) is 23.3 Å².